The zero-order chi connectivity index (χ0) is 13.2. The largest absolute Gasteiger partial charge is 0.488 e. The standard InChI is InChI=1S/C17H19NO/c1-12-5-3-6-13(9-12)16-8-4-7-14-10-15(11-18-2)19-17(14)16/h3-9,15,18H,10-11H2,1-2H3/t15-/m1/s1. The van der Waals surface area contributed by atoms with Crippen LogP contribution in [-0.2, 0) is 6.42 Å². The van der Waals surface area contributed by atoms with Gasteiger partial charge in [-0.05, 0) is 25.1 Å². The summed E-state index contributed by atoms with van der Waals surface area (Å²) in [4.78, 5) is 0. The fraction of sp³-hybridized carbons (Fsp3) is 0.294. The molecular formula is C17H19NO. The van der Waals surface area contributed by atoms with Crippen LogP contribution in [0.4, 0.5) is 0 Å². The molecule has 2 heteroatoms. The number of hydrogen-bond donors (Lipinski definition) is 1. The van der Waals surface area contributed by atoms with Gasteiger partial charge in [0.05, 0.1) is 0 Å². The molecular weight excluding hydrogens is 234 g/mol. The maximum Gasteiger partial charge on any atom is 0.130 e. The molecule has 0 unspecified atom stereocenters. The average molecular weight is 253 g/mol. The smallest absolute Gasteiger partial charge is 0.130 e. The Labute approximate surface area is 114 Å². The van der Waals surface area contributed by atoms with Crippen molar-refractivity contribution in [1.82, 2.24) is 5.32 Å². The molecule has 98 valence electrons. The third-order valence-electron chi connectivity index (χ3n) is 3.59. The second kappa shape index (κ2) is 5.06. The van der Waals surface area contributed by atoms with Gasteiger partial charge in [-0.1, -0.05) is 48.0 Å². The van der Waals surface area contributed by atoms with Crippen LogP contribution in [0.1, 0.15) is 11.1 Å². The highest BCUT2D eigenvalue weighted by Gasteiger charge is 2.24. The molecule has 0 spiro atoms. The Morgan fingerprint density at radius 2 is 2.05 bits per heavy atom. The number of benzene rings is 2. The molecule has 0 aliphatic carbocycles. The minimum Gasteiger partial charge on any atom is -0.488 e. The van der Waals surface area contributed by atoms with Crippen LogP contribution in [0.15, 0.2) is 42.5 Å². The number of aryl methyl sites for hydroxylation is 1. The van der Waals surface area contributed by atoms with Gasteiger partial charge in [0.1, 0.15) is 11.9 Å². The number of hydrogen-bond acceptors (Lipinski definition) is 2. The van der Waals surface area contributed by atoms with Gasteiger partial charge in [-0.15, -0.1) is 0 Å². The Morgan fingerprint density at radius 3 is 2.84 bits per heavy atom. The summed E-state index contributed by atoms with van der Waals surface area (Å²) in [5.41, 5.74) is 5.04. The minimum atomic E-state index is 0.256. The van der Waals surface area contributed by atoms with Crippen molar-refractivity contribution < 1.29 is 4.74 Å². The van der Waals surface area contributed by atoms with Crippen molar-refractivity contribution in [2.45, 2.75) is 19.4 Å². The summed E-state index contributed by atoms with van der Waals surface area (Å²) < 4.78 is 6.11. The van der Waals surface area contributed by atoms with Crippen molar-refractivity contribution in [3.05, 3.63) is 53.6 Å². The maximum atomic E-state index is 6.11. The summed E-state index contributed by atoms with van der Waals surface area (Å²) in [5.74, 6) is 1.06. The van der Waals surface area contributed by atoms with Crippen LogP contribution in [0.25, 0.3) is 11.1 Å². The Bertz CT molecular complexity index is 592. The van der Waals surface area contributed by atoms with Gasteiger partial charge in [0.15, 0.2) is 0 Å². The molecule has 0 radical (unpaired) electrons. The monoisotopic (exact) mass is 253 g/mol. The maximum absolute atomic E-state index is 6.11. The van der Waals surface area contributed by atoms with E-state index >= 15 is 0 Å². The van der Waals surface area contributed by atoms with Gasteiger partial charge in [0, 0.05) is 18.5 Å². The molecule has 19 heavy (non-hydrogen) atoms. The van der Waals surface area contributed by atoms with Crippen molar-refractivity contribution >= 4 is 0 Å². The SMILES string of the molecule is CNC[C@H]1Cc2cccc(-c3cccc(C)c3)c2O1. The predicted molar refractivity (Wildman–Crippen MR) is 78.7 cm³/mol. The summed E-state index contributed by atoms with van der Waals surface area (Å²) in [6.45, 7) is 3.01. The Kier molecular flexibility index (Phi) is 3.26. The topological polar surface area (TPSA) is 21.3 Å². The average Bonchev–Trinajstić information content (AvgIpc) is 2.81. The fourth-order valence-corrected chi connectivity index (χ4v) is 2.72. The lowest BCUT2D eigenvalue weighted by Crippen LogP contribution is -2.27. The molecule has 1 aliphatic rings. The summed E-state index contributed by atoms with van der Waals surface area (Å²) in [7, 11) is 1.97. The molecule has 0 aromatic heterocycles. The van der Waals surface area contributed by atoms with Gasteiger partial charge in [0.2, 0.25) is 0 Å². The van der Waals surface area contributed by atoms with Crippen LogP contribution < -0.4 is 10.1 Å². The van der Waals surface area contributed by atoms with Crippen LogP contribution in [0, 0.1) is 6.92 Å². The second-order valence-electron chi connectivity index (χ2n) is 5.16. The molecule has 0 fully saturated rings. The molecule has 1 N–H and O–H groups in total. The number of fused-ring (bicyclic) bond motifs is 1. The highest BCUT2D eigenvalue weighted by Crippen LogP contribution is 2.38. The van der Waals surface area contributed by atoms with Crippen molar-refractivity contribution in [3.63, 3.8) is 0 Å². The number of nitrogens with one attached hydrogen (secondary N) is 1. The Balaban J connectivity index is 2.00. The summed E-state index contributed by atoms with van der Waals surface area (Å²) >= 11 is 0. The van der Waals surface area contributed by atoms with Gasteiger partial charge < -0.3 is 10.1 Å². The van der Waals surface area contributed by atoms with Gasteiger partial charge in [-0.25, -0.2) is 0 Å². The minimum absolute atomic E-state index is 0.256. The van der Waals surface area contributed by atoms with Crippen molar-refractivity contribution in [1.29, 1.82) is 0 Å². The molecule has 1 aliphatic heterocycles. The Morgan fingerprint density at radius 1 is 1.21 bits per heavy atom. The van der Waals surface area contributed by atoms with Crippen molar-refractivity contribution in [2.75, 3.05) is 13.6 Å². The fourth-order valence-electron chi connectivity index (χ4n) is 2.72. The molecule has 2 nitrogen and oxygen atoms in total. The van der Waals surface area contributed by atoms with Crippen molar-refractivity contribution in [2.24, 2.45) is 0 Å². The first-order chi connectivity index (χ1) is 9.28. The van der Waals surface area contributed by atoms with E-state index in [2.05, 4.69) is 54.7 Å². The normalized spacial score (nSPS) is 17.1. The highest BCUT2D eigenvalue weighted by molar-refractivity contribution is 5.73. The quantitative estimate of drug-likeness (QED) is 0.907. The number of rotatable bonds is 3. The molecule has 0 saturated heterocycles. The van der Waals surface area contributed by atoms with E-state index in [0.717, 1.165) is 18.7 Å². The summed E-state index contributed by atoms with van der Waals surface area (Å²) in [6.07, 6.45) is 1.25. The first-order valence-corrected chi connectivity index (χ1v) is 6.78. The second-order valence-corrected chi connectivity index (χ2v) is 5.16. The highest BCUT2D eigenvalue weighted by atomic mass is 16.5. The summed E-state index contributed by atoms with van der Waals surface area (Å²) in [5, 5.41) is 3.19. The first-order valence-electron chi connectivity index (χ1n) is 6.78. The third-order valence-corrected chi connectivity index (χ3v) is 3.59. The molecule has 1 heterocycles. The van der Waals surface area contributed by atoms with E-state index in [9.17, 15) is 0 Å². The molecule has 0 saturated carbocycles. The van der Waals surface area contributed by atoms with Crippen LogP contribution in [0.3, 0.4) is 0 Å². The lowest BCUT2D eigenvalue weighted by Gasteiger charge is -2.12. The van der Waals surface area contributed by atoms with E-state index in [4.69, 9.17) is 4.74 Å². The van der Waals surface area contributed by atoms with Gasteiger partial charge in [0.25, 0.3) is 0 Å². The van der Waals surface area contributed by atoms with E-state index in [-0.39, 0.29) is 6.10 Å². The molecule has 0 amide bonds. The van der Waals surface area contributed by atoms with E-state index in [1.807, 2.05) is 7.05 Å². The van der Waals surface area contributed by atoms with Gasteiger partial charge in [-0.3, -0.25) is 0 Å². The first kappa shape index (κ1) is 12.2. The van der Waals surface area contributed by atoms with Crippen LogP contribution in [-0.4, -0.2) is 19.7 Å². The van der Waals surface area contributed by atoms with E-state index in [1.54, 1.807) is 0 Å². The zero-order valence-electron chi connectivity index (χ0n) is 11.4. The molecule has 1 atom stereocenters. The number of likely N-dealkylation sites (N-methyl/N-ethyl adjacent to an activating group) is 1. The van der Waals surface area contributed by atoms with E-state index in [0.29, 0.717) is 0 Å². The predicted octanol–water partition coefficient (Wildman–Crippen LogP) is 3.18. The molecule has 0 bridgehead atoms. The number of para-hydroxylation sites is 1. The van der Waals surface area contributed by atoms with Crippen LogP contribution in [0.5, 0.6) is 5.75 Å². The lowest BCUT2D eigenvalue weighted by molar-refractivity contribution is 0.232. The van der Waals surface area contributed by atoms with E-state index in [1.165, 1.54) is 22.3 Å². The van der Waals surface area contributed by atoms with Crippen molar-refractivity contribution in [3.8, 4) is 16.9 Å². The molecule has 2 aromatic carbocycles. The Hall–Kier alpha value is -1.80. The van der Waals surface area contributed by atoms with E-state index < -0.39 is 0 Å². The molecule has 2 aromatic rings. The zero-order valence-corrected chi connectivity index (χ0v) is 11.4. The van der Waals surface area contributed by atoms with Gasteiger partial charge in [-0.2, -0.15) is 0 Å². The van der Waals surface area contributed by atoms with Crippen LogP contribution >= 0.6 is 0 Å². The summed E-state index contributed by atoms with van der Waals surface area (Å²) in [6, 6.07) is 15.0. The molecule has 3 rings (SSSR count). The lowest BCUT2D eigenvalue weighted by atomic mass is 9.99. The number of ether oxygens (including phenoxy) is 1. The third kappa shape index (κ3) is 2.36. The van der Waals surface area contributed by atoms with Crippen LogP contribution in [0.2, 0.25) is 0 Å². The van der Waals surface area contributed by atoms with Gasteiger partial charge >= 0.3 is 0 Å².